The molecule has 0 saturated heterocycles. The molecule has 1 N–H and O–H groups in total. The zero-order chi connectivity index (χ0) is 9.68. The highest BCUT2D eigenvalue weighted by molar-refractivity contribution is 5.72. The number of ether oxygens (including phenoxy) is 1. The van der Waals surface area contributed by atoms with Gasteiger partial charge in [0.15, 0.2) is 0 Å². The van der Waals surface area contributed by atoms with Gasteiger partial charge in [0.05, 0.1) is 6.61 Å². The first-order valence-electron chi connectivity index (χ1n) is 4.40. The summed E-state index contributed by atoms with van der Waals surface area (Å²) in [7, 11) is 0. The maximum Gasteiger partial charge on any atom is 0.294 e. The van der Waals surface area contributed by atoms with Gasteiger partial charge in [-0.1, -0.05) is 13.8 Å². The molecule has 0 unspecified atom stereocenters. The van der Waals surface area contributed by atoms with E-state index in [9.17, 15) is 0 Å². The van der Waals surface area contributed by atoms with Crippen molar-refractivity contribution in [1.29, 1.82) is 5.41 Å². The third-order valence-electron chi connectivity index (χ3n) is 1.67. The molecule has 0 saturated carbocycles. The van der Waals surface area contributed by atoms with E-state index in [1.807, 2.05) is 0 Å². The highest BCUT2D eigenvalue weighted by Gasteiger charge is 2.00. The van der Waals surface area contributed by atoms with Gasteiger partial charge in [0.2, 0.25) is 0 Å². The van der Waals surface area contributed by atoms with E-state index in [2.05, 4.69) is 18.8 Å². The van der Waals surface area contributed by atoms with Gasteiger partial charge in [-0.05, 0) is 12.3 Å². The molecule has 1 rings (SSSR count). The first-order valence-corrected chi connectivity index (χ1v) is 4.40. The largest absolute Gasteiger partial charge is 0.465 e. The van der Waals surface area contributed by atoms with Crippen LogP contribution in [0.4, 0.5) is 0 Å². The van der Waals surface area contributed by atoms with Crippen LogP contribution in [0.25, 0.3) is 0 Å². The first kappa shape index (κ1) is 9.77. The smallest absolute Gasteiger partial charge is 0.294 e. The third-order valence-corrected chi connectivity index (χ3v) is 1.67. The molecule has 0 aliphatic carbocycles. The lowest BCUT2D eigenvalue weighted by Gasteiger charge is -2.08. The molecule has 0 aliphatic rings. The number of nitrogens with zero attached hydrogens (tertiary/aromatic N) is 2. The Bertz CT molecular complexity index is 254. The lowest BCUT2D eigenvalue weighted by molar-refractivity contribution is 0.264. The highest BCUT2D eigenvalue weighted by Crippen LogP contribution is 1.99. The standard InChI is InChI=1S/C9H15N3O/c1-8(2)3-6-13-9(10)12-5-4-11-7-12/h4-5,7-8,10H,3,6H2,1-2H3. The Hall–Kier alpha value is -1.32. The van der Waals surface area contributed by atoms with Crippen LogP contribution in [-0.4, -0.2) is 22.2 Å². The molecule has 0 fully saturated rings. The normalized spacial score (nSPS) is 10.4. The predicted octanol–water partition coefficient (Wildman–Crippen LogP) is 1.73. The molecule has 72 valence electrons. The van der Waals surface area contributed by atoms with Gasteiger partial charge in [-0.25, -0.2) is 4.98 Å². The van der Waals surface area contributed by atoms with Crippen LogP contribution in [0.3, 0.4) is 0 Å². The van der Waals surface area contributed by atoms with Crippen molar-refractivity contribution in [2.45, 2.75) is 20.3 Å². The minimum Gasteiger partial charge on any atom is -0.465 e. The molecule has 1 heterocycles. The number of aromatic nitrogens is 2. The molecule has 0 spiro atoms. The highest BCUT2D eigenvalue weighted by atomic mass is 16.5. The summed E-state index contributed by atoms with van der Waals surface area (Å²) in [6.45, 7) is 4.85. The van der Waals surface area contributed by atoms with E-state index >= 15 is 0 Å². The lowest BCUT2D eigenvalue weighted by atomic mass is 10.1. The molecule has 0 amide bonds. The minimum absolute atomic E-state index is 0.137. The van der Waals surface area contributed by atoms with Gasteiger partial charge in [0.25, 0.3) is 6.02 Å². The van der Waals surface area contributed by atoms with E-state index in [-0.39, 0.29) is 6.02 Å². The Labute approximate surface area is 78.1 Å². The molecular formula is C9H15N3O. The molecular weight excluding hydrogens is 166 g/mol. The number of nitrogens with one attached hydrogen (secondary N) is 1. The van der Waals surface area contributed by atoms with Crippen molar-refractivity contribution in [1.82, 2.24) is 9.55 Å². The fraction of sp³-hybridized carbons (Fsp3) is 0.556. The topological polar surface area (TPSA) is 50.9 Å². The zero-order valence-electron chi connectivity index (χ0n) is 8.03. The fourth-order valence-electron chi connectivity index (χ4n) is 0.845. The van der Waals surface area contributed by atoms with Gasteiger partial charge in [0, 0.05) is 12.4 Å². The zero-order valence-corrected chi connectivity index (χ0v) is 8.03. The third kappa shape index (κ3) is 3.27. The van der Waals surface area contributed by atoms with Crippen LogP contribution in [0.2, 0.25) is 0 Å². The predicted molar refractivity (Wildman–Crippen MR) is 50.8 cm³/mol. The fourth-order valence-corrected chi connectivity index (χ4v) is 0.845. The summed E-state index contributed by atoms with van der Waals surface area (Å²) >= 11 is 0. The van der Waals surface area contributed by atoms with Gasteiger partial charge in [-0.3, -0.25) is 9.98 Å². The van der Waals surface area contributed by atoms with E-state index in [1.165, 1.54) is 0 Å². The lowest BCUT2D eigenvalue weighted by Crippen LogP contribution is -2.14. The van der Waals surface area contributed by atoms with E-state index < -0.39 is 0 Å². The molecule has 1 aromatic heterocycles. The van der Waals surface area contributed by atoms with Gasteiger partial charge < -0.3 is 4.74 Å². The Balaban J connectivity index is 2.27. The van der Waals surface area contributed by atoms with Crippen molar-refractivity contribution in [3.05, 3.63) is 18.7 Å². The van der Waals surface area contributed by atoms with Gasteiger partial charge in [-0.2, -0.15) is 0 Å². The van der Waals surface area contributed by atoms with Crippen molar-refractivity contribution in [3.63, 3.8) is 0 Å². The van der Waals surface area contributed by atoms with Gasteiger partial charge in [-0.15, -0.1) is 0 Å². The Kier molecular flexibility index (Phi) is 3.49. The molecule has 1 aromatic rings. The molecule has 0 atom stereocenters. The number of imidazole rings is 1. The van der Waals surface area contributed by atoms with Crippen molar-refractivity contribution < 1.29 is 4.74 Å². The summed E-state index contributed by atoms with van der Waals surface area (Å²) in [5.74, 6) is 0.607. The monoisotopic (exact) mass is 181 g/mol. The quantitative estimate of drug-likeness (QED) is 0.570. The molecule has 0 aliphatic heterocycles. The van der Waals surface area contributed by atoms with Gasteiger partial charge in [0.1, 0.15) is 6.33 Å². The summed E-state index contributed by atoms with van der Waals surface area (Å²) in [5.41, 5.74) is 0. The average molecular weight is 181 g/mol. The first-order chi connectivity index (χ1) is 6.20. The Morgan fingerprint density at radius 3 is 2.92 bits per heavy atom. The van der Waals surface area contributed by atoms with E-state index in [0.29, 0.717) is 12.5 Å². The summed E-state index contributed by atoms with van der Waals surface area (Å²) in [6.07, 6.45) is 5.84. The van der Waals surface area contributed by atoms with Crippen LogP contribution in [0.15, 0.2) is 18.7 Å². The van der Waals surface area contributed by atoms with Gasteiger partial charge >= 0.3 is 0 Å². The molecule has 4 heteroatoms. The molecule has 13 heavy (non-hydrogen) atoms. The summed E-state index contributed by atoms with van der Waals surface area (Å²) in [6, 6.07) is 0.137. The Morgan fingerprint density at radius 2 is 2.38 bits per heavy atom. The second kappa shape index (κ2) is 4.64. The van der Waals surface area contributed by atoms with Crippen molar-refractivity contribution >= 4 is 6.02 Å². The maximum absolute atomic E-state index is 7.49. The minimum atomic E-state index is 0.137. The second-order valence-electron chi connectivity index (χ2n) is 3.31. The van der Waals surface area contributed by atoms with Crippen LogP contribution in [0.5, 0.6) is 0 Å². The molecule has 0 bridgehead atoms. The number of hydrogen-bond acceptors (Lipinski definition) is 3. The molecule has 0 radical (unpaired) electrons. The van der Waals surface area contributed by atoms with E-state index in [4.69, 9.17) is 10.1 Å². The van der Waals surface area contributed by atoms with E-state index in [1.54, 1.807) is 23.3 Å². The summed E-state index contributed by atoms with van der Waals surface area (Å²) in [5, 5.41) is 7.49. The van der Waals surface area contributed by atoms with Crippen LogP contribution >= 0.6 is 0 Å². The van der Waals surface area contributed by atoms with Crippen LogP contribution in [0.1, 0.15) is 20.3 Å². The van der Waals surface area contributed by atoms with Crippen molar-refractivity contribution in [3.8, 4) is 0 Å². The van der Waals surface area contributed by atoms with Crippen LogP contribution in [0, 0.1) is 11.3 Å². The van der Waals surface area contributed by atoms with Crippen molar-refractivity contribution in [2.24, 2.45) is 5.92 Å². The maximum atomic E-state index is 7.49. The van der Waals surface area contributed by atoms with Crippen LogP contribution < -0.4 is 0 Å². The SMILES string of the molecule is CC(C)CCOC(=N)n1ccnc1. The van der Waals surface area contributed by atoms with Crippen molar-refractivity contribution in [2.75, 3.05) is 6.61 Å². The number of hydrogen-bond donors (Lipinski definition) is 1. The van der Waals surface area contributed by atoms with Crippen LogP contribution in [-0.2, 0) is 4.74 Å². The number of rotatable bonds is 3. The molecule has 4 nitrogen and oxygen atoms in total. The average Bonchev–Trinajstić information content (AvgIpc) is 2.55. The molecule has 0 aromatic carbocycles. The second-order valence-corrected chi connectivity index (χ2v) is 3.31. The van der Waals surface area contributed by atoms with E-state index in [0.717, 1.165) is 6.42 Å². The summed E-state index contributed by atoms with van der Waals surface area (Å²) in [4.78, 5) is 3.83. The summed E-state index contributed by atoms with van der Waals surface area (Å²) < 4.78 is 6.75. The Morgan fingerprint density at radius 1 is 1.62 bits per heavy atom.